The molecule has 0 spiro atoms. The van der Waals surface area contributed by atoms with Crippen molar-refractivity contribution in [1.29, 1.82) is 0 Å². The van der Waals surface area contributed by atoms with E-state index in [0.717, 1.165) is 0 Å². The van der Waals surface area contributed by atoms with Crippen molar-refractivity contribution in [1.82, 2.24) is 0 Å². The Hall–Kier alpha value is -2.55. The minimum Gasteiger partial charge on any atom is -0.480 e. The van der Waals surface area contributed by atoms with Crippen LogP contribution in [0.15, 0.2) is 18.2 Å². The third-order valence-electron chi connectivity index (χ3n) is 2.23. The molecule has 0 heterocycles. The Balaban J connectivity index is 3.15. The van der Waals surface area contributed by atoms with Crippen LogP contribution < -0.4 is 4.90 Å². The van der Waals surface area contributed by atoms with Gasteiger partial charge >= 0.3 is 5.97 Å². The van der Waals surface area contributed by atoms with Gasteiger partial charge in [-0.1, -0.05) is 5.92 Å². The third kappa shape index (κ3) is 3.49. The van der Waals surface area contributed by atoms with E-state index in [0.29, 0.717) is 11.3 Å². The summed E-state index contributed by atoms with van der Waals surface area (Å²) in [4.78, 5) is 22.3. The van der Waals surface area contributed by atoms with Crippen molar-refractivity contribution in [2.45, 2.75) is 6.92 Å². The maximum Gasteiger partial charge on any atom is 0.323 e. The number of anilines is 1. The van der Waals surface area contributed by atoms with Crippen molar-refractivity contribution in [3.05, 3.63) is 33.9 Å². The van der Waals surface area contributed by atoms with E-state index in [2.05, 4.69) is 5.92 Å². The zero-order valence-electron chi connectivity index (χ0n) is 9.79. The maximum atomic E-state index is 10.7. The zero-order valence-corrected chi connectivity index (χ0v) is 9.79. The number of carboxylic acid groups (broad SMARTS) is 1. The molecule has 1 aromatic carbocycles. The number of nitro benzene ring substituents is 1. The standard InChI is InChI=1S/C12H12N2O4/c1-3-4-13(8-12(15)16)10-5-9(2)6-11(7-10)14(17)18/h1,5-7H,4,8H2,2H3,(H,15,16). The first-order valence-electron chi connectivity index (χ1n) is 5.10. The Morgan fingerprint density at radius 2 is 2.22 bits per heavy atom. The molecule has 0 saturated heterocycles. The monoisotopic (exact) mass is 248 g/mol. The van der Waals surface area contributed by atoms with E-state index in [1.807, 2.05) is 0 Å². The minimum atomic E-state index is -1.05. The van der Waals surface area contributed by atoms with Crippen LogP contribution in [0.2, 0.25) is 0 Å². The summed E-state index contributed by atoms with van der Waals surface area (Å²) in [7, 11) is 0. The first-order valence-corrected chi connectivity index (χ1v) is 5.10. The fourth-order valence-corrected chi connectivity index (χ4v) is 1.54. The van der Waals surface area contributed by atoms with Crippen LogP contribution in [0.25, 0.3) is 0 Å². The number of carboxylic acids is 1. The van der Waals surface area contributed by atoms with E-state index < -0.39 is 10.9 Å². The summed E-state index contributed by atoms with van der Waals surface area (Å²) in [5.74, 6) is 1.29. The summed E-state index contributed by atoms with van der Waals surface area (Å²) < 4.78 is 0. The topological polar surface area (TPSA) is 83.7 Å². The second-order valence-corrected chi connectivity index (χ2v) is 3.74. The minimum absolute atomic E-state index is 0.0763. The van der Waals surface area contributed by atoms with Gasteiger partial charge in [0.15, 0.2) is 0 Å². The lowest BCUT2D eigenvalue weighted by Crippen LogP contribution is -2.30. The van der Waals surface area contributed by atoms with E-state index in [1.54, 1.807) is 13.0 Å². The predicted molar refractivity (Wildman–Crippen MR) is 66.5 cm³/mol. The highest BCUT2D eigenvalue weighted by molar-refractivity contribution is 5.74. The Bertz CT molecular complexity index is 519. The Kier molecular flexibility index (Phi) is 4.27. The molecule has 0 aliphatic rings. The van der Waals surface area contributed by atoms with Crippen LogP contribution in [0, 0.1) is 29.4 Å². The highest BCUT2D eigenvalue weighted by atomic mass is 16.6. The van der Waals surface area contributed by atoms with E-state index in [9.17, 15) is 14.9 Å². The van der Waals surface area contributed by atoms with Gasteiger partial charge in [0.1, 0.15) is 6.54 Å². The van der Waals surface area contributed by atoms with Crippen LogP contribution in [0.3, 0.4) is 0 Å². The molecule has 6 heteroatoms. The Morgan fingerprint density at radius 1 is 1.56 bits per heavy atom. The lowest BCUT2D eigenvalue weighted by atomic mass is 10.2. The van der Waals surface area contributed by atoms with Crippen molar-refractivity contribution in [2.75, 3.05) is 18.0 Å². The smallest absolute Gasteiger partial charge is 0.323 e. The number of non-ortho nitro benzene ring substituents is 1. The summed E-state index contributed by atoms with van der Waals surface area (Å²) in [5, 5.41) is 19.5. The van der Waals surface area contributed by atoms with Gasteiger partial charge in [-0.2, -0.15) is 0 Å². The molecule has 0 bridgehead atoms. The Morgan fingerprint density at radius 3 is 2.72 bits per heavy atom. The van der Waals surface area contributed by atoms with Crippen LogP contribution in [-0.2, 0) is 4.79 Å². The number of hydrogen-bond acceptors (Lipinski definition) is 4. The molecule has 1 N–H and O–H groups in total. The fourth-order valence-electron chi connectivity index (χ4n) is 1.54. The van der Waals surface area contributed by atoms with Crippen molar-refractivity contribution >= 4 is 17.3 Å². The van der Waals surface area contributed by atoms with Gasteiger partial charge in [-0.25, -0.2) is 0 Å². The molecule has 1 rings (SSSR count). The normalized spacial score (nSPS) is 9.56. The number of rotatable bonds is 5. The molecule has 0 unspecified atom stereocenters. The molecular formula is C12H12N2O4. The molecule has 0 fully saturated rings. The molecule has 0 aliphatic heterocycles. The molecular weight excluding hydrogens is 236 g/mol. The number of aliphatic carboxylic acids is 1. The number of nitrogens with zero attached hydrogens (tertiary/aromatic N) is 2. The summed E-state index contributed by atoms with van der Waals surface area (Å²) in [5.41, 5.74) is 1.02. The van der Waals surface area contributed by atoms with Crippen LogP contribution in [0.5, 0.6) is 0 Å². The van der Waals surface area contributed by atoms with Crippen molar-refractivity contribution in [3.8, 4) is 12.3 Å². The average molecular weight is 248 g/mol. The van der Waals surface area contributed by atoms with E-state index in [1.165, 1.54) is 17.0 Å². The molecule has 0 aromatic heterocycles. The number of carbonyl (C=O) groups is 1. The molecule has 0 aliphatic carbocycles. The number of nitro groups is 1. The lowest BCUT2D eigenvalue weighted by molar-refractivity contribution is -0.384. The van der Waals surface area contributed by atoms with E-state index in [4.69, 9.17) is 11.5 Å². The number of terminal acetylenes is 1. The van der Waals surface area contributed by atoms with Gasteiger partial charge in [0, 0.05) is 17.8 Å². The Labute approximate surface area is 104 Å². The SMILES string of the molecule is C#CCN(CC(=O)O)c1cc(C)cc([N+](=O)[O-])c1. The zero-order chi connectivity index (χ0) is 13.7. The van der Waals surface area contributed by atoms with Crippen LogP contribution >= 0.6 is 0 Å². The summed E-state index contributed by atoms with van der Waals surface area (Å²) in [6, 6.07) is 4.39. The number of aryl methyl sites for hydroxylation is 1. The van der Waals surface area contributed by atoms with Gasteiger partial charge in [-0.3, -0.25) is 14.9 Å². The lowest BCUT2D eigenvalue weighted by Gasteiger charge is -2.20. The van der Waals surface area contributed by atoms with Crippen LogP contribution in [0.4, 0.5) is 11.4 Å². The molecule has 18 heavy (non-hydrogen) atoms. The second-order valence-electron chi connectivity index (χ2n) is 3.74. The fraction of sp³-hybridized carbons (Fsp3) is 0.250. The molecule has 0 atom stereocenters. The maximum absolute atomic E-state index is 10.7. The molecule has 1 aromatic rings. The van der Waals surface area contributed by atoms with Gasteiger partial charge in [-0.15, -0.1) is 6.42 Å². The van der Waals surface area contributed by atoms with Gasteiger partial charge in [0.2, 0.25) is 0 Å². The van der Waals surface area contributed by atoms with Crippen molar-refractivity contribution in [3.63, 3.8) is 0 Å². The van der Waals surface area contributed by atoms with Gasteiger partial charge in [0.25, 0.3) is 5.69 Å². The molecule has 0 amide bonds. The third-order valence-corrected chi connectivity index (χ3v) is 2.23. The molecule has 0 radical (unpaired) electrons. The van der Waals surface area contributed by atoms with Gasteiger partial charge < -0.3 is 10.0 Å². The summed E-state index contributed by atoms with van der Waals surface area (Å²) in [6.45, 7) is 1.48. The summed E-state index contributed by atoms with van der Waals surface area (Å²) in [6.07, 6.45) is 5.16. The number of benzene rings is 1. The van der Waals surface area contributed by atoms with E-state index in [-0.39, 0.29) is 18.8 Å². The quantitative estimate of drug-likeness (QED) is 0.484. The van der Waals surface area contributed by atoms with Gasteiger partial charge in [-0.05, 0) is 18.6 Å². The summed E-state index contributed by atoms with van der Waals surface area (Å²) >= 11 is 0. The van der Waals surface area contributed by atoms with Crippen molar-refractivity contribution < 1.29 is 14.8 Å². The largest absolute Gasteiger partial charge is 0.480 e. The highest BCUT2D eigenvalue weighted by Gasteiger charge is 2.14. The van der Waals surface area contributed by atoms with Gasteiger partial charge in [0.05, 0.1) is 11.5 Å². The average Bonchev–Trinajstić information content (AvgIpc) is 2.27. The number of hydrogen-bond donors (Lipinski definition) is 1. The van der Waals surface area contributed by atoms with Crippen LogP contribution in [0.1, 0.15) is 5.56 Å². The molecule has 0 saturated carbocycles. The van der Waals surface area contributed by atoms with E-state index >= 15 is 0 Å². The second kappa shape index (κ2) is 5.68. The van der Waals surface area contributed by atoms with Crippen LogP contribution in [-0.4, -0.2) is 29.1 Å². The highest BCUT2D eigenvalue weighted by Crippen LogP contribution is 2.23. The molecule has 94 valence electrons. The van der Waals surface area contributed by atoms with Crippen molar-refractivity contribution in [2.24, 2.45) is 0 Å². The first-order chi connectivity index (χ1) is 8.43. The molecule has 6 nitrogen and oxygen atoms in total. The first kappa shape index (κ1) is 13.5. The predicted octanol–water partition coefficient (Wildman–Crippen LogP) is 1.43.